The molecule has 1 unspecified atom stereocenters. The first-order valence-electron chi connectivity index (χ1n) is 9.14. The number of aromatic nitrogens is 1. The van der Waals surface area contributed by atoms with Gasteiger partial charge >= 0.3 is 0 Å². The summed E-state index contributed by atoms with van der Waals surface area (Å²) in [5.74, 6) is 1.63. The maximum Gasteiger partial charge on any atom is 0.212 e. The van der Waals surface area contributed by atoms with E-state index in [2.05, 4.69) is 27.0 Å². The number of nitrogens with one attached hydrogen (secondary N) is 1. The molecule has 138 valence electrons. The summed E-state index contributed by atoms with van der Waals surface area (Å²) >= 11 is 0. The highest BCUT2D eigenvalue weighted by Gasteiger charge is 2.30. The first kappa shape index (κ1) is 17.9. The Bertz CT molecular complexity index is 557. The maximum atomic E-state index is 5.47. The summed E-state index contributed by atoms with van der Waals surface area (Å²) in [6.07, 6.45) is 3.01. The lowest BCUT2D eigenvalue weighted by Gasteiger charge is -2.32. The molecule has 3 heterocycles. The zero-order valence-electron chi connectivity index (χ0n) is 15.3. The largest absolute Gasteiger partial charge is 0.481 e. The third kappa shape index (κ3) is 4.83. The summed E-state index contributed by atoms with van der Waals surface area (Å²) in [7, 11) is 1.63. The van der Waals surface area contributed by atoms with E-state index in [1.807, 2.05) is 18.3 Å². The number of methoxy groups -OCH3 is 1. The number of likely N-dealkylation sites (tertiary alicyclic amines) is 1. The van der Waals surface area contributed by atoms with Crippen LogP contribution in [0.1, 0.15) is 18.9 Å². The molecule has 2 saturated heterocycles. The van der Waals surface area contributed by atoms with Gasteiger partial charge in [0.2, 0.25) is 5.88 Å². The Morgan fingerprint density at radius 1 is 1.36 bits per heavy atom. The standard InChI is InChI=1S/C18H29N5O2/c1-3-19-18(21-13-15-4-5-17(24-2)20-12-15)23-7-6-16(14-23)22-8-10-25-11-9-22/h4-5,12,16H,3,6-11,13-14H2,1-2H3,(H,19,21). The number of hydrogen-bond donors (Lipinski definition) is 1. The average molecular weight is 347 g/mol. The maximum absolute atomic E-state index is 5.47. The molecule has 3 rings (SSSR count). The van der Waals surface area contributed by atoms with E-state index in [0.717, 1.165) is 57.5 Å². The van der Waals surface area contributed by atoms with Crippen molar-refractivity contribution in [1.82, 2.24) is 20.1 Å². The number of hydrogen-bond acceptors (Lipinski definition) is 5. The minimum absolute atomic E-state index is 0.607. The van der Waals surface area contributed by atoms with Gasteiger partial charge in [-0.05, 0) is 18.9 Å². The highest BCUT2D eigenvalue weighted by atomic mass is 16.5. The zero-order chi connectivity index (χ0) is 17.5. The molecule has 25 heavy (non-hydrogen) atoms. The molecule has 0 spiro atoms. The monoisotopic (exact) mass is 347 g/mol. The van der Waals surface area contributed by atoms with Crippen molar-refractivity contribution < 1.29 is 9.47 Å². The first-order valence-corrected chi connectivity index (χ1v) is 9.14. The van der Waals surface area contributed by atoms with E-state index in [-0.39, 0.29) is 0 Å². The van der Waals surface area contributed by atoms with Crippen molar-refractivity contribution in [2.75, 3.05) is 53.0 Å². The Balaban J connectivity index is 1.59. The van der Waals surface area contributed by atoms with Crippen molar-refractivity contribution in [2.24, 2.45) is 4.99 Å². The Hall–Kier alpha value is -1.86. The quantitative estimate of drug-likeness (QED) is 0.632. The molecule has 1 N–H and O–H groups in total. The van der Waals surface area contributed by atoms with Crippen LogP contribution < -0.4 is 10.1 Å². The Morgan fingerprint density at radius 2 is 2.20 bits per heavy atom. The van der Waals surface area contributed by atoms with Crippen LogP contribution >= 0.6 is 0 Å². The number of aliphatic imine (C=N–C) groups is 1. The summed E-state index contributed by atoms with van der Waals surface area (Å²) in [5.41, 5.74) is 1.08. The fourth-order valence-corrected chi connectivity index (χ4v) is 3.39. The zero-order valence-corrected chi connectivity index (χ0v) is 15.3. The highest BCUT2D eigenvalue weighted by molar-refractivity contribution is 5.80. The molecule has 2 aliphatic rings. The fourth-order valence-electron chi connectivity index (χ4n) is 3.39. The van der Waals surface area contributed by atoms with Gasteiger partial charge in [-0.1, -0.05) is 6.07 Å². The molecule has 7 nitrogen and oxygen atoms in total. The summed E-state index contributed by atoms with van der Waals surface area (Å²) in [5, 5.41) is 3.43. The van der Waals surface area contributed by atoms with Crippen molar-refractivity contribution in [2.45, 2.75) is 25.9 Å². The van der Waals surface area contributed by atoms with E-state index in [1.54, 1.807) is 7.11 Å². The van der Waals surface area contributed by atoms with Crippen molar-refractivity contribution in [3.63, 3.8) is 0 Å². The predicted octanol–water partition coefficient (Wildman–Crippen LogP) is 0.962. The second-order valence-corrected chi connectivity index (χ2v) is 6.42. The number of rotatable bonds is 5. The van der Waals surface area contributed by atoms with Crippen LogP contribution in [0.5, 0.6) is 5.88 Å². The second-order valence-electron chi connectivity index (χ2n) is 6.42. The molecule has 7 heteroatoms. The fraction of sp³-hybridized carbons (Fsp3) is 0.667. The number of morpholine rings is 1. The van der Waals surface area contributed by atoms with Crippen molar-refractivity contribution in [3.8, 4) is 5.88 Å². The molecule has 1 atom stereocenters. The highest BCUT2D eigenvalue weighted by Crippen LogP contribution is 2.17. The third-order valence-corrected chi connectivity index (χ3v) is 4.78. The van der Waals surface area contributed by atoms with Crippen LogP contribution in [0.15, 0.2) is 23.3 Å². The third-order valence-electron chi connectivity index (χ3n) is 4.78. The van der Waals surface area contributed by atoms with Gasteiger partial charge in [0.1, 0.15) is 0 Å². The average Bonchev–Trinajstić information content (AvgIpc) is 3.16. The number of pyridine rings is 1. The number of ether oxygens (including phenoxy) is 2. The smallest absolute Gasteiger partial charge is 0.212 e. The van der Waals surface area contributed by atoms with Gasteiger partial charge < -0.3 is 19.7 Å². The molecular formula is C18H29N5O2. The van der Waals surface area contributed by atoms with Crippen LogP contribution in [0.2, 0.25) is 0 Å². The van der Waals surface area contributed by atoms with Gasteiger partial charge in [-0.3, -0.25) is 4.90 Å². The van der Waals surface area contributed by atoms with Gasteiger partial charge in [0.05, 0.1) is 26.9 Å². The van der Waals surface area contributed by atoms with E-state index >= 15 is 0 Å². The SMILES string of the molecule is CCNC(=NCc1ccc(OC)nc1)N1CCC(N2CCOCC2)C1. The molecule has 0 radical (unpaired) electrons. The molecule has 0 amide bonds. The molecule has 0 bridgehead atoms. The minimum atomic E-state index is 0.607. The van der Waals surface area contributed by atoms with Gasteiger partial charge in [0.15, 0.2) is 5.96 Å². The molecule has 0 aromatic carbocycles. The Labute approximate surface area is 150 Å². The van der Waals surface area contributed by atoms with Gasteiger partial charge in [-0.15, -0.1) is 0 Å². The van der Waals surface area contributed by atoms with E-state index < -0.39 is 0 Å². The van der Waals surface area contributed by atoms with Crippen LogP contribution in [0, 0.1) is 0 Å². The first-order chi connectivity index (χ1) is 12.3. The van der Waals surface area contributed by atoms with E-state index in [1.165, 1.54) is 6.42 Å². The minimum Gasteiger partial charge on any atom is -0.481 e. The lowest BCUT2D eigenvalue weighted by Crippen LogP contribution is -2.46. The van der Waals surface area contributed by atoms with Gasteiger partial charge in [0, 0.05) is 51.0 Å². The van der Waals surface area contributed by atoms with Crippen LogP contribution in [-0.4, -0.2) is 79.8 Å². The molecule has 0 aliphatic carbocycles. The van der Waals surface area contributed by atoms with Crippen molar-refractivity contribution in [1.29, 1.82) is 0 Å². The summed E-state index contributed by atoms with van der Waals surface area (Å²) in [6, 6.07) is 4.50. The van der Waals surface area contributed by atoms with Gasteiger partial charge in [-0.2, -0.15) is 0 Å². The number of nitrogens with zero attached hydrogens (tertiary/aromatic N) is 4. The van der Waals surface area contributed by atoms with Gasteiger partial charge in [-0.25, -0.2) is 9.98 Å². The summed E-state index contributed by atoms with van der Waals surface area (Å²) in [6.45, 7) is 9.50. The summed E-state index contributed by atoms with van der Waals surface area (Å²) < 4.78 is 10.6. The summed E-state index contributed by atoms with van der Waals surface area (Å²) in [4.78, 5) is 14.0. The van der Waals surface area contributed by atoms with Crippen LogP contribution in [0.4, 0.5) is 0 Å². The Morgan fingerprint density at radius 3 is 2.88 bits per heavy atom. The van der Waals surface area contributed by atoms with Crippen molar-refractivity contribution >= 4 is 5.96 Å². The number of guanidine groups is 1. The predicted molar refractivity (Wildman–Crippen MR) is 98.0 cm³/mol. The molecule has 2 aliphatic heterocycles. The van der Waals surface area contributed by atoms with Crippen LogP contribution in [-0.2, 0) is 11.3 Å². The molecule has 0 saturated carbocycles. The lowest BCUT2D eigenvalue weighted by atomic mass is 10.2. The van der Waals surface area contributed by atoms with Crippen LogP contribution in [0.25, 0.3) is 0 Å². The molecular weight excluding hydrogens is 318 g/mol. The van der Waals surface area contributed by atoms with Crippen LogP contribution in [0.3, 0.4) is 0 Å². The molecule has 2 fully saturated rings. The molecule has 1 aromatic rings. The van der Waals surface area contributed by atoms with Crippen molar-refractivity contribution in [3.05, 3.63) is 23.9 Å². The normalized spacial score (nSPS) is 22.2. The Kier molecular flexibility index (Phi) is 6.47. The van der Waals surface area contributed by atoms with E-state index in [4.69, 9.17) is 14.5 Å². The van der Waals surface area contributed by atoms with E-state index in [9.17, 15) is 0 Å². The van der Waals surface area contributed by atoms with E-state index in [0.29, 0.717) is 18.5 Å². The lowest BCUT2D eigenvalue weighted by molar-refractivity contribution is 0.0195. The van der Waals surface area contributed by atoms with Gasteiger partial charge in [0.25, 0.3) is 0 Å². The molecule has 1 aromatic heterocycles. The topological polar surface area (TPSA) is 62.2 Å². The second kappa shape index (κ2) is 9.01.